The van der Waals surface area contributed by atoms with Crippen LogP contribution in [-0.2, 0) is 23.0 Å². The Morgan fingerprint density at radius 3 is 2.55 bits per heavy atom. The predicted octanol–water partition coefficient (Wildman–Crippen LogP) is 3.78. The lowest BCUT2D eigenvalue weighted by atomic mass is 10.1. The van der Waals surface area contributed by atoms with Crippen LogP contribution < -0.4 is 5.32 Å². The number of hydrogen-bond donors (Lipinski definition) is 1. The molecule has 0 radical (unpaired) electrons. The quantitative estimate of drug-likeness (QED) is 0.657. The lowest BCUT2D eigenvalue weighted by Crippen LogP contribution is -2.22. The Morgan fingerprint density at radius 1 is 1.03 bits per heavy atom. The van der Waals surface area contributed by atoms with Gasteiger partial charge in [0.05, 0.1) is 10.6 Å². The van der Waals surface area contributed by atoms with Crippen molar-refractivity contribution in [2.45, 2.75) is 37.1 Å². The molecule has 1 aromatic heterocycles. The summed E-state index contributed by atoms with van der Waals surface area (Å²) in [5.74, 6) is 0.471. The summed E-state index contributed by atoms with van der Waals surface area (Å²) in [6, 6.07) is 16.2. The van der Waals surface area contributed by atoms with E-state index in [9.17, 15) is 13.2 Å². The summed E-state index contributed by atoms with van der Waals surface area (Å²) in [4.78, 5) is 18.0. The molecule has 2 heterocycles. The van der Waals surface area contributed by atoms with E-state index in [0.29, 0.717) is 11.4 Å². The van der Waals surface area contributed by atoms with Crippen molar-refractivity contribution in [2.75, 3.05) is 19.4 Å². The van der Waals surface area contributed by atoms with Crippen LogP contribution in [0.5, 0.6) is 0 Å². The van der Waals surface area contributed by atoms with E-state index in [1.54, 1.807) is 12.1 Å². The van der Waals surface area contributed by atoms with Gasteiger partial charge < -0.3 is 9.88 Å². The predicted molar refractivity (Wildman–Crippen MR) is 120 cm³/mol. The highest BCUT2D eigenvalue weighted by atomic mass is 32.2. The van der Waals surface area contributed by atoms with Crippen molar-refractivity contribution >= 4 is 21.6 Å². The van der Waals surface area contributed by atoms with E-state index in [0.717, 1.165) is 53.6 Å². The minimum absolute atomic E-state index is 0.129. The number of hydrogen-bond acceptors (Lipinski definition) is 4. The number of benzene rings is 2. The molecule has 0 fully saturated rings. The van der Waals surface area contributed by atoms with Gasteiger partial charge in [0.25, 0.3) is 5.91 Å². The maximum Gasteiger partial charge on any atom is 0.276 e. The summed E-state index contributed by atoms with van der Waals surface area (Å²) in [5.41, 5.74) is 2.74. The van der Waals surface area contributed by atoms with Crippen molar-refractivity contribution in [1.82, 2.24) is 13.9 Å². The third kappa shape index (κ3) is 4.26. The van der Waals surface area contributed by atoms with Crippen LogP contribution in [0.25, 0.3) is 11.4 Å². The standard InChI is InChI=1S/C23H26N4O3S/c1-26(2)31(29,30)19-13-9-12-18(16-19)24-23(28)21-20-14-7-4-8-15-27(20)22(25-21)17-10-5-3-6-11-17/h3,5-6,9-13,16H,4,7-8,14-15H2,1-2H3,(H,24,28). The summed E-state index contributed by atoms with van der Waals surface area (Å²) >= 11 is 0. The lowest BCUT2D eigenvalue weighted by molar-refractivity contribution is 0.102. The van der Waals surface area contributed by atoms with Crippen LogP contribution in [0.3, 0.4) is 0 Å². The number of sulfonamides is 1. The Morgan fingerprint density at radius 2 is 1.81 bits per heavy atom. The number of fused-ring (bicyclic) bond motifs is 1. The first-order valence-corrected chi connectivity index (χ1v) is 11.8. The van der Waals surface area contributed by atoms with Crippen LogP contribution in [0, 0.1) is 0 Å². The van der Waals surface area contributed by atoms with Gasteiger partial charge in [-0.05, 0) is 37.5 Å². The molecule has 1 amide bonds. The fourth-order valence-corrected chi connectivity index (χ4v) is 4.79. The number of rotatable bonds is 5. The fraction of sp³-hybridized carbons (Fsp3) is 0.304. The van der Waals surface area contributed by atoms with Gasteiger partial charge in [0, 0.05) is 31.9 Å². The van der Waals surface area contributed by atoms with Crippen molar-refractivity contribution in [1.29, 1.82) is 0 Å². The van der Waals surface area contributed by atoms with E-state index in [4.69, 9.17) is 4.98 Å². The Bertz CT molecular complexity index is 1200. The van der Waals surface area contributed by atoms with Gasteiger partial charge in [-0.1, -0.05) is 42.8 Å². The smallest absolute Gasteiger partial charge is 0.276 e. The number of aromatic nitrogens is 2. The molecule has 0 saturated heterocycles. The molecule has 3 aromatic rings. The molecule has 7 nitrogen and oxygen atoms in total. The van der Waals surface area contributed by atoms with Gasteiger partial charge in [-0.25, -0.2) is 17.7 Å². The first-order valence-electron chi connectivity index (χ1n) is 10.4. The van der Waals surface area contributed by atoms with Gasteiger partial charge in [0.15, 0.2) is 0 Å². The minimum atomic E-state index is -3.59. The minimum Gasteiger partial charge on any atom is -0.327 e. The molecule has 0 atom stereocenters. The maximum atomic E-state index is 13.2. The molecule has 1 N–H and O–H groups in total. The number of carbonyl (C=O) groups is 1. The highest BCUT2D eigenvalue weighted by molar-refractivity contribution is 7.89. The number of imidazole rings is 1. The molecular formula is C23H26N4O3S. The number of anilines is 1. The third-order valence-corrected chi connectivity index (χ3v) is 7.30. The second-order valence-corrected chi connectivity index (χ2v) is 9.98. The summed E-state index contributed by atoms with van der Waals surface area (Å²) in [6.07, 6.45) is 3.96. The third-order valence-electron chi connectivity index (χ3n) is 5.49. The van der Waals surface area contributed by atoms with Crippen molar-refractivity contribution in [2.24, 2.45) is 0 Å². The first-order chi connectivity index (χ1) is 14.9. The zero-order chi connectivity index (χ0) is 22.0. The topological polar surface area (TPSA) is 84.3 Å². The molecule has 8 heteroatoms. The Kier molecular flexibility index (Phi) is 5.93. The molecule has 0 unspecified atom stereocenters. The Labute approximate surface area is 182 Å². The average Bonchev–Trinajstić information content (AvgIpc) is 2.95. The van der Waals surface area contributed by atoms with E-state index >= 15 is 0 Å². The molecule has 0 saturated carbocycles. The summed E-state index contributed by atoms with van der Waals surface area (Å²) < 4.78 is 28.2. The van der Waals surface area contributed by atoms with E-state index in [-0.39, 0.29) is 10.8 Å². The molecule has 1 aliphatic rings. The Balaban J connectivity index is 1.69. The molecule has 162 valence electrons. The van der Waals surface area contributed by atoms with Gasteiger partial charge in [-0.2, -0.15) is 0 Å². The van der Waals surface area contributed by atoms with Crippen LogP contribution in [-0.4, -0.2) is 42.3 Å². The Hall–Kier alpha value is -2.97. The zero-order valence-corrected chi connectivity index (χ0v) is 18.5. The summed E-state index contributed by atoms with van der Waals surface area (Å²) in [6.45, 7) is 0.830. The largest absolute Gasteiger partial charge is 0.327 e. The SMILES string of the molecule is CN(C)S(=O)(=O)c1cccc(NC(=O)c2nc(-c3ccccc3)n3c2CCCCC3)c1. The maximum absolute atomic E-state index is 13.2. The average molecular weight is 439 g/mol. The molecule has 4 rings (SSSR count). The van der Waals surface area contributed by atoms with E-state index in [2.05, 4.69) is 9.88 Å². The van der Waals surface area contributed by atoms with Crippen molar-refractivity contribution in [3.8, 4) is 11.4 Å². The van der Waals surface area contributed by atoms with Crippen molar-refractivity contribution in [3.63, 3.8) is 0 Å². The molecule has 0 aliphatic carbocycles. The molecular weight excluding hydrogens is 412 g/mol. The van der Waals surface area contributed by atoms with E-state index in [1.165, 1.54) is 26.2 Å². The molecule has 2 aromatic carbocycles. The van der Waals surface area contributed by atoms with Gasteiger partial charge in [0.1, 0.15) is 11.5 Å². The monoisotopic (exact) mass is 438 g/mol. The van der Waals surface area contributed by atoms with Crippen LogP contribution in [0.4, 0.5) is 5.69 Å². The number of nitrogens with one attached hydrogen (secondary N) is 1. The number of carbonyl (C=O) groups excluding carboxylic acids is 1. The highest BCUT2D eigenvalue weighted by Crippen LogP contribution is 2.28. The van der Waals surface area contributed by atoms with Crippen molar-refractivity contribution in [3.05, 3.63) is 66.0 Å². The highest BCUT2D eigenvalue weighted by Gasteiger charge is 2.25. The number of nitrogens with zero attached hydrogens (tertiary/aromatic N) is 3. The van der Waals surface area contributed by atoms with Crippen molar-refractivity contribution < 1.29 is 13.2 Å². The summed E-state index contributed by atoms with van der Waals surface area (Å²) in [5, 5.41) is 2.85. The van der Waals surface area contributed by atoms with Gasteiger partial charge in [-0.3, -0.25) is 4.79 Å². The van der Waals surface area contributed by atoms with Gasteiger partial charge in [0.2, 0.25) is 10.0 Å². The first kappa shape index (κ1) is 21.3. The van der Waals surface area contributed by atoms with Gasteiger partial charge >= 0.3 is 0 Å². The van der Waals surface area contributed by atoms with E-state index in [1.807, 2.05) is 30.3 Å². The normalized spacial score (nSPS) is 14.2. The van der Waals surface area contributed by atoms with Crippen LogP contribution >= 0.6 is 0 Å². The second-order valence-electron chi connectivity index (χ2n) is 7.83. The molecule has 0 spiro atoms. The summed E-state index contributed by atoms with van der Waals surface area (Å²) in [7, 11) is -0.632. The second kappa shape index (κ2) is 8.64. The van der Waals surface area contributed by atoms with E-state index < -0.39 is 10.0 Å². The zero-order valence-electron chi connectivity index (χ0n) is 17.7. The molecule has 31 heavy (non-hydrogen) atoms. The van der Waals surface area contributed by atoms with Crippen LogP contribution in [0.2, 0.25) is 0 Å². The fourth-order valence-electron chi connectivity index (χ4n) is 3.84. The van der Waals surface area contributed by atoms with Gasteiger partial charge in [-0.15, -0.1) is 0 Å². The van der Waals surface area contributed by atoms with Crippen LogP contribution in [0.15, 0.2) is 59.5 Å². The molecule has 1 aliphatic heterocycles. The lowest BCUT2D eigenvalue weighted by Gasteiger charge is -2.12. The number of amides is 1. The van der Waals surface area contributed by atoms with Crippen LogP contribution in [0.1, 0.15) is 35.4 Å². The molecule has 0 bridgehead atoms.